The van der Waals surface area contributed by atoms with E-state index in [1.807, 2.05) is 59.6 Å². The Bertz CT molecular complexity index is 889. The Balaban J connectivity index is 1.73. The zero-order chi connectivity index (χ0) is 17.2. The molecule has 0 saturated carbocycles. The number of para-hydroxylation sites is 1. The predicted octanol–water partition coefficient (Wildman–Crippen LogP) is 5.83. The van der Waals surface area contributed by atoms with Crippen LogP contribution in [-0.4, -0.2) is 5.71 Å². The number of rotatable bonds is 3. The molecule has 4 heteroatoms. The first-order valence-corrected chi connectivity index (χ1v) is 8.52. The van der Waals surface area contributed by atoms with Crippen molar-refractivity contribution in [1.82, 2.24) is 0 Å². The van der Waals surface area contributed by atoms with Gasteiger partial charge in [-0.25, -0.2) is 4.39 Å². The number of anilines is 1. The summed E-state index contributed by atoms with van der Waals surface area (Å²) in [6.07, 6.45) is 0.752. The molecule has 0 aromatic heterocycles. The Morgan fingerprint density at radius 1 is 0.880 bits per heavy atom. The van der Waals surface area contributed by atoms with E-state index in [0.717, 1.165) is 28.9 Å². The minimum absolute atomic E-state index is 0.0831. The third kappa shape index (κ3) is 3.28. The second-order valence-corrected chi connectivity index (χ2v) is 6.44. The molecule has 0 N–H and O–H groups in total. The molecule has 0 spiro atoms. The van der Waals surface area contributed by atoms with Gasteiger partial charge >= 0.3 is 0 Å². The lowest BCUT2D eigenvalue weighted by molar-refractivity contribution is 0.627. The summed E-state index contributed by atoms with van der Waals surface area (Å²) in [6.45, 7) is 0. The fourth-order valence-corrected chi connectivity index (χ4v) is 3.22. The molecule has 2 nitrogen and oxygen atoms in total. The fourth-order valence-electron chi connectivity index (χ4n) is 3.09. The predicted molar refractivity (Wildman–Crippen MR) is 101 cm³/mol. The maximum atomic E-state index is 13.2. The van der Waals surface area contributed by atoms with Crippen molar-refractivity contribution in [2.75, 3.05) is 5.01 Å². The Kier molecular flexibility index (Phi) is 4.24. The van der Waals surface area contributed by atoms with Crippen LogP contribution in [-0.2, 0) is 0 Å². The SMILES string of the molecule is Fc1ccc(C2=NN(c3ccccc3)[C@H](c3ccc(Cl)cc3)C2)cc1. The van der Waals surface area contributed by atoms with Gasteiger partial charge in [0, 0.05) is 11.4 Å². The van der Waals surface area contributed by atoms with Crippen molar-refractivity contribution in [2.45, 2.75) is 12.5 Å². The Morgan fingerprint density at radius 3 is 2.24 bits per heavy atom. The second kappa shape index (κ2) is 6.69. The van der Waals surface area contributed by atoms with E-state index in [0.29, 0.717) is 5.02 Å². The van der Waals surface area contributed by atoms with Gasteiger partial charge in [0.2, 0.25) is 0 Å². The molecule has 124 valence electrons. The van der Waals surface area contributed by atoms with Crippen LogP contribution in [0.25, 0.3) is 0 Å². The van der Waals surface area contributed by atoms with E-state index in [1.54, 1.807) is 12.1 Å². The number of benzene rings is 3. The van der Waals surface area contributed by atoms with Crippen LogP contribution in [0.5, 0.6) is 0 Å². The smallest absolute Gasteiger partial charge is 0.123 e. The molecule has 25 heavy (non-hydrogen) atoms. The molecule has 4 rings (SSSR count). The quantitative estimate of drug-likeness (QED) is 0.579. The van der Waals surface area contributed by atoms with Gasteiger partial charge in [-0.1, -0.05) is 54.1 Å². The molecule has 0 saturated heterocycles. The van der Waals surface area contributed by atoms with Crippen molar-refractivity contribution in [3.05, 3.63) is 101 Å². The van der Waals surface area contributed by atoms with Crippen LogP contribution in [0.15, 0.2) is 84.0 Å². The number of hydrogen-bond donors (Lipinski definition) is 0. The molecule has 1 heterocycles. The fraction of sp³-hybridized carbons (Fsp3) is 0.0952. The van der Waals surface area contributed by atoms with E-state index in [2.05, 4.69) is 0 Å². The Morgan fingerprint density at radius 2 is 1.56 bits per heavy atom. The van der Waals surface area contributed by atoms with Gasteiger partial charge in [0.1, 0.15) is 5.82 Å². The maximum Gasteiger partial charge on any atom is 0.123 e. The van der Waals surface area contributed by atoms with Gasteiger partial charge in [-0.2, -0.15) is 5.10 Å². The first-order valence-electron chi connectivity index (χ1n) is 8.14. The average molecular weight is 351 g/mol. The van der Waals surface area contributed by atoms with Gasteiger partial charge in [-0.05, 0) is 47.5 Å². The first kappa shape index (κ1) is 15.9. The van der Waals surface area contributed by atoms with Crippen molar-refractivity contribution < 1.29 is 4.39 Å². The minimum Gasteiger partial charge on any atom is -0.257 e. The molecule has 1 atom stereocenters. The maximum absolute atomic E-state index is 13.2. The topological polar surface area (TPSA) is 15.6 Å². The molecule has 3 aromatic rings. The van der Waals surface area contributed by atoms with Crippen molar-refractivity contribution in [3.63, 3.8) is 0 Å². The monoisotopic (exact) mass is 350 g/mol. The number of halogens is 2. The van der Waals surface area contributed by atoms with E-state index >= 15 is 0 Å². The highest BCUT2D eigenvalue weighted by atomic mass is 35.5. The van der Waals surface area contributed by atoms with Gasteiger partial charge in [0.25, 0.3) is 0 Å². The number of hydrogen-bond acceptors (Lipinski definition) is 2. The highest BCUT2D eigenvalue weighted by Gasteiger charge is 2.29. The van der Waals surface area contributed by atoms with Crippen LogP contribution in [0.1, 0.15) is 23.6 Å². The van der Waals surface area contributed by atoms with Crippen LogP contribution in [0.2, 0.25) is 5.02 Å². The lowest BCUT2D eigenvalue weighted by Gasteiger charge is -2.24. The van der Waals surface area contributed by atoms with Crippen LogP contribution in [0.4, 0.5) is 10.1 Å². The largest absolute Gasteiger partial charge is 0.257 e. The zero-order valence-electron chi connectivity index (χ0n) is 13.4. The van der Waals surface area contributed by atoms with Gasteiger partial charge in [-0.15, -0.1) is 0 Å². The minimum atomic E-state index is -0.239. The molecule has 0 aliphatic carbocycles. The molecular formula is C21H16ClFN2. The molecule has 3 aromatic carbocycles. The van der Waals surface area contributed by atoms with Crippen molar-refractivity contribution in [1.29, 1.82) is 0 Å². The van der Waals surface area contributed by atoms with Crippen LogP contribution >= 0.6 is 11.6 Å². The first-order chi connectivity index (χ1) is 12.2. The van der Waals surface area contributed by atoms with Gasteiger partial charge < -0.3 is 0 Å². The summed E-state index contributed by atoms with van der Waals surface area (Å²) in [4.78, 5) is 0. The molecule has 0 fully saturated rings. The van der Waals surface area contributed by atoms with E-state index in [4.69, 9.17) is 16.7 Å². The highest BCUT2D eigenvalue weighted by Crippen LogP contribution is 2.36. The molecule has 1 aliphatic heterocycles. The van der Waals surface area contributed by atoms with Crippen LogP contribution in [0, 0.1) is 5.82 Å². The molecule has 0 bridgehead atoms. The molecular weight excluding hydrogens is 335 g/mol. The summed E-state index contributed by atoms with van der Waals surface area (Å²) >= 11 is 6.03. The third-order valence-corrected chi connectivity index (χ3v) is 4.62. The summed E-state index contributed by atoms with van der Waals surface area (Å²) in [5.74, 6) is -0.239. The lowest BCUT2D eigenvalue weighted by Crippen LogP contribution is -2.18. The number of hydrazone groups is 1. The Hall–Kier alpha value is -2.65. The summed E-state index contributed by atoms with van der Waals surface area (Å²) in [5, 5.41) is 7.58. The van der Waals surface area contributed by atoms with Crippen LogP contribution < -0.4 is 5.01 Å². The van der Waals surface area contributed by atoms with E-state index in [-0.39, 0.29) is 11.9 Å². The normalized spacial score (nSPS) is 16.8. The summed E-state index contributed by atoms with van der Waals surface area (Å²) in [5.41, 5.74) is 4.07. The van der Waals surface area contributed by atoms with Crippen LogP contribution in [0.3, 0.4) is 0 Å². The van der Waals surface area contributed by atoms with Gasteiger partial charge in [0.15, 0.2) is 0 Å². The van der Waals surface area contributed by atoms with E-state index in [1.165, 1.54) is 12.1 Å². The standard InChI is InChI=1S/C21H16ClFN2/c22-17-10-6-16(7-11-17)21-14-20(15-8-12-18(23)13-9-15)24-25(21)19-4-2-1-3-5-19/h1-13,21H,14H2/t21-/m0/s1. The van der Waals surface area contributed by atoms with Crippen molar-refractivity contribution in [3.8, 4) is 0 Å². The van der Waals surface area contributed by atoms with E-state index in [9.17, 15) is 4.39 Å². The lowest BCUT2D eigenvalue weighted by atomic mass is 9.98. The summed E-state index contributed by atoms with van der Waals surface area (Å²) < 4.78 is 13.2. The van der Waals surface area contributed by atoms with Gasteiger partial charge in [0.05, 0.1) is 17.4 Å². The molecule has 0 amide bonds. The molecule has 0 unspecified atom stereocenters. The van der Waals surface area contributed by atoms with Crippen molar-refractivity contribution >= 4 is 23.0 Å². The molecule has 0 radical (unpaired) electrons. The Labute approximate surface area is 151 Å². The van der Waals surface area contributed by atoms with Gasteiger partial charge in [-0.3, -0.25) is 5.01 Å². The second-order valence-electron chi connectivity index (χ2n) is 6.01. The third-order valence-electron chi connectivity index (χ3n) is 4.36. The average Bonchev–Trinajstić information content (AvgIpc) is 3.09. The summed E-state index contributed by atoms with van der Waals surface area (Å²) in [6, 6.07) is 24.5. The van der Waals surface area contributed by atoms with E-state index < -0.39 is 0 Å². The summed E-state index contributed by atoms with van der Waals surface area (Å²) in [7, 11) is 0. The van der Waals surface area contributed by atoms with Crippen molar-refractivity contribution in [2.24, 2.45) is 5.10 Å². The molecule has 1 aliphatic rings. The zero-order valence-corrected chi connectivity index (χ0v) is 14.2. The highest BCUT2D eigenvalue weighted by molar-refractivity contribution is 6.30. The number of nitrogens with zero attached hydrogens (tertiary/aromatic N) is 2.